The largest absolute Gasteiger partial charge is 0.350 e. The van der Waals surface area contributed by atoms with Crippen molar-refractivity contribution in [1.82, 2.24) is 5.32 Å². The van der Waals surface area contributed by atoms with Gasteiger partial charge >= 0.3 is 0 Å². The van der Waals surface area contributed by atoms with Crippen molar-refractivity contribution < 1.29 is 9.59 Å². The van der Waals surface area contributed by atoms with Crippen molar-refractivity contribution in [2.45, 2.75) is 39.2 Å². The van der Waals surface area contributed by atoms with Crippen LogP contribution in [0.4, 0.5) is 5.69 Å². The van der Waals surface area contributed by atoms with Crippen molar-refractivity contribution in [3.8, 4) is 0 Å². The Labute approximate surface area is 148 Å². The second kappa shape index (κ2) is 7.97. The van der Waals surface area contributed by atoms with Crippen LogP contribution in [0.5, 0.6) is 0 Å². The van der Waals surface area contributed by atoms with E-state index >= 15 is 0 Å². The highest BCUT2D eigenvalue weighted by Crippen LogP contribution is 2.26. The first-order chi connectivity index (χ1) is 12.2. The molecule has 4 heteroatoms. The molecule has 0 aliphatic carbocycles. The van der Waals surface area contributed by atoms with Crippen molar-refractivity contribution in [2.75, 3.05) is 11.4 Å². The van der Waals surface area contributed by atoms with Gasteiger partial charge in [0.1, 0.15) is 6.54 Å². The van der Waals surface area contributed by atoms with E-state index < -0.39 is 0 Å². The maximum atomic E-state index is 12.4. The lowest BCUT2D eigenvalue weighted by molar-refractivity contribution is -0.123. The monoisotopic (exact) mass is 336 g/mol. The number of hydrogen-bond donors (Lipinski definition) is 1. The Kier molecular flexibility index (Phi) is 5.49. The number of fused-ring (bicyclic) bond motifs is 1. The molecule has 0 unspecified atom stereocenters. The molecular weight excluding hydrogens is 312 g/mol. The van der Waals surface area contributed by atoms with Crippen LogP contribution >= 0.6 is 0 Å². The predicted octanol–water partition coefficient (Wildman–Crippen LogP) is 3.23. The molecule has 0 spiro atoms. The highest BCUT2D eigenvalue weighted by atomic mass is 16.2. The van der Waals surface area contributed by atoms with E-state index in [0.29, 0.717) is 13.0 Å². The highest BCUT2D eigenvalue weighted by Gasteiger charge is 2.23. The molecule has 2 amide bonds. The number of nitrogens with zero attached hydrogens (tertiary/aromatic N) is 1. The van der Waals surface area contributed by atoms with Crippen molar-refractivity contribution in [1.29, 1.82) is 0 Å². The van der Waals surface area contributed by atoms with Crippen LogP contribution < -0.4 is 10.2 Å². The fourth-order valence-corrected chi connectivity index (χ4v) is 3.15. The van der Waals surface area contributed by atoms with E-state index in [0.717, 1.165) is 36.1 Å². The fraction of sp³-hybridized carbons (Fsp3) is 0.333. The summed E-state index contributed by atoms with van der Waals surface area (Å²) >= 11 is 0. The van der Waals surface area contributed by atoms with Gasteiger partial charge in [0.05, 0.1) is 0 Å². The second-order valence-corrected chi connectivity index (χ2v) is 6.41. The van der Waals surface area contributed by atoms with E-state index in [1.165, 1.54) is 5.56 Å². The minimum absolute atomic E-state index is 0.0207. The zero-order valence-electron chi connectivity index (χ0n) is 14.6. The molecular formula is C21H24N2O2. The second-order valence-electron chi connectivity index (χ2n) is 6.41. The third-order valence-electron chi connectivity index (χ3n) is 4.64. The quantitative estimate of drug-likeness (QED) is 0.911. The molecule has 0 fully saturated rings. The minimum atomic E-state index is -0.135. The zero-order chi connectivity index (χ0) is 17.6. The zero-order valence-corrected chi connectivity index (χ0v) is 14.6. The van der Waals surface area contributed by atoms with Gasteiger partial charge in [0.15, 0.2) is 0 Å². The predicted molar refractivity (Wildman–Crippen MR) is 99.4 cm³/mol. The van der Waals surface area contributed by atoms with Gasteiger partial charge in [-0.3, -0.25) is 9.59 Å². The Bertz CT molecular complexity index is 753. The first kappa shape index (κ1) is 17.2. The molecule has 1 aliphatic heterocycles. The smallest absolute Gasteiger partial charge is 0.240 e. The summed E-state index contributed by atoms with van der Waals surface area (Å²) in [5, 5.41) is 2.92. The molecule has 0 bridgehead atoms. The Hall–Kier alpha value is -2.62. The highest BCUT2D eigenvalue weighted by molar-refractivity contribution is 5.99. The molecule has 0 saturated carbocycles. The Morgan fingerprint density at radius 2 is 1.76 bits per heavy atom. The molecule has 1 aliphatic rings. The summed E-state index contributed by atoms with van der Waals surface area (Å²) < 4.78 is 0. The van der Waals surface area contributed by atoms with Crippen LogP contribution in [0.25, 0.3) is 0 Å². The van der Waals surface area contributed by atoms with Crippen LogP contribution in [0.15, 0.2) is 48.5 Å². The first-order valence-corrected chi connectivity index (χ1v) is 8.90. The summed E-state index contributed by atoms with van der Waals surface area (Å²) in [6, 6.07) is 16.1. The molecule has 4 nitrogen and oxygen atoms in total. The van der Waals surface area contributed by atoms with Crippen LogP contribution in [0, 0.1) is 0 Å². The van der Waals surface area contributed by atoms with Gasteiger partial charge in [0, 0.05) is 18.7 Å². The lowest BCUT2D eigenvalue weighted by atomic mass is 10.1. The summed E-state index contributed by atoms with van der Waals surface area (Å²) in [7, 11) is 0. The third kappa shape index (κ3) is 4.27. The van der Waals surface area contributed by atoms with Gasteiger partial charge in [-0.05, 0) is 42.0 Å². The van der Waals surface area contributed by atoms with E-state index in [2.05, 4.69) is 24.4 Å². The van der Waals surface area contributed by atoms with Gasteiger partial charge < -0.3 is 10.2 Å². The molecule has 2 aromatic carbocycles. The average molecular weight is 336 g/mol. The van der Waals surface area contributed by atoms with Gasteiger partial charge in [-0.1, -0.05) is 49.4 Å². The van der Waals surface area contributed by atoms with Gasteiger partial charge in [0.25, 0.3) is 0 Å². The van der Waals surface area contributed by atoms with Gasteiger partial charge in [-0.2, -0.15) is 0 Å². The average Bonchev–Trinajstić information content (AvgIpc) is 2.80. The normalized spacial score (nSPS) is 14.0. The number of carbonyl (C=O) groups is 2. The molecule has 1 heterocycles. The topological polar surface area (TPSA) is 49.4 Å². The van der Waals surface area contributed by atoms with E-state index in [4.69, 9.17) is 0 Å². The Balaban J connectivity index is 1.64. The number of carbonyl (C=O) groups excluding carboxylic acids is 2. The number of amides is 2. The molecule has 0 aromatic heterocycles. The van der Waals surface area contributed by atoms with Gasteiger partial charge in [0.2, 0.25) is 11.8 Å². The number of benzene rings is 2. The molecule has 3 rings (SSSR count). The third-order valence-corrected chi connectivity index (χ3v) is 4.64. The molecule has 0 atom stereocenters. The van der Waals surface area contributed by atoms with E-state index in [1.54, 1.807) is 4.90 Å². The van der Waals surface area contributed by atoms with Gasteiger partial charge in [-0.25, -0.2) is 0 Å². The standard InChI is InChI=1S/C21H24N2O2/c1-2-16-10-12-17(13-11-16)14-22-20(24)15-23-19-8-4-3-6-18(19)7-5-9-21(23)25/h3-4,6,8,10-13H,2,5,7,9,14-15H2,1H3,(H,22,24). The van der Waals surface area contributed by atoms with Crippen molar-refractivity contribution in [3.05, 3.63) is 65.2 Å². The lowest BCUT2D eigenvalue weighted by Crippen LogP contribution is -2.40. The number of aryl methyl sites for hydroxylation is 2. The SMILES string of the molecule is CCc1ccc(CNC(=O)CN2C(=O)CCCc3ccccc32)cc1. The summed E-state index contributed by atoms with van der Waals surface area (Å²) in [5.74, 6) is -0.114. The van der Waals surface area contributed by atoms with Crippen molar-refractivity contribution >= 4 is 17.5 Å². The van der Waals surface area contributed by atoms with Crippen LogP contribution in [-0.4, -0.2) is 18.4 Å². The number of rotatable bonds is 5. The van der Waals surface area contributed by atoms with E-state index in [1.807, 2.05) is 36.4 Å². The van der Waals surface area contributed by atoms with E-state index in [-0.39, 0.29) is 18.4 Å². The molecule has 0 saturated heterocycles. The first-order valence-electron chi connectivity index (χ1n) is 8.90. The Morgan fingerprint density at radius 1 is 1.04 bits per heavy atom. The molecule has 1 N–H and O–H groups in total. The van der Waals surface area contributed by atoms with Gasteiger partial charge in [-0.15, -0.1) is 0 Å². The lowest BCUT2D eigenvalue weighted by Gasteiger charge is -2.22. The van der Waals surface area contributed by atoms with Crippen LogP contribution in [-0.2, 0) is 29.0 Å². The van der Waals surface area contributed by atoms with Crippen LogP contribution in [0.2, 0.25) is 0 Å². The maximum Gasteiger partial charge on any atom is 0.240 e. The molecule has 0 radical (unpaired) electrons. The summed E-state index contributed by atoms with van der Waals surface area (Å²) in [6.07, 6.45) is 3.20. The summed E-state index contributed by atoms with van der Waals surface area (Å²) in [4.78, 5) is 26.4. The van der Waals surface area contributed by atoms with Crippen LogP contribution in [0.3, 0.4) is 0 Å². The minimum Gasteiger partial charge on any atom is -0.350 e. The van der Waals surface area contributed by atoms with Crippen molar-refractivity contribution in [3.63, 3.8) is 0 Å². The molecule has 2 aromatic rings. The number of nitrogens with one attached hydrogen (secondary N) is 1. The fourth-order valence-electron chi connectivity index (χ4n) is 3.15. The summed E-state index contributed by atoms with van der Waals surface area (Å²) in [5.41, 5.74) is 4.35. The number of para-hydroxylation sites is 1. The maximum absolute atomic E-state index is 12.4. The summed E-state index contributed by atoms with van der Waals surface area (Å²) in [6.45, 7) is 2.67. The number of hydrogen-bond acceptors (Lipinski definition) is 2. The molecule has 130 valence electrons. The molecule has 25 heavy (non-hydrogen) atoms. The number of anilines is 1. The van der Waals surface area contributed by atoms with Crippen molar-refractivity contribution in [2.24, 2.45) is 0 Å². The van der Waals surface area contributed by atoms with E-state index in [9.17, 15) is 9.59 Å². The Morgan fingerprint density at radius 3 is 2.52 bits per heavy atom. The van der Waals surface area contributed by atoms with Crippen LogP contribution in [0.1, 0.15) is 36.5 Å².